The predicted octanol–water partition coefficient (Wildman–Crippen LogP) is 4.21. The zero-order valence-corrected chi connectivity index (χ0v) is 11.3. The molecular weight excluding hydrogens is 281 g/mol. The molecule has 0 aliphatic heterocycles. The van der Waals surface area contributed by atoms with Crippen molar-refractivity contribution in [2.24, 2.45) is 0 Å². The van der Waals surface area contributed by atoms with E-state index < -0.39 is 11.7 Å². The van der Waals surface area contributed by atoms with Gasteiger partial charge in [0.25, 0.3) is 0 Å². The largest absolute Gasteiger partial charge is 0.487 e. The first-order chi connectivity index (χ1) is 10.0. The van der Waals surface area contributed by atoms with Crippen molar-refractivity contribution in [3.63, 3.8) is 0 Å². The number of nitrogens with zero attached hydrogens (tertiary/aromatic N) is 2. The molecule has 0 spiro atoms. The van der Waals surface area contributed by atoms with Gasteiger partial charge in [0.15, 0.2) is 5.75 Å². The summed E-state index contributed by atoms with van der Waals surface area (Å²) in [6, 6.07) is 5.37. The molecule has 21 heavy (non-hydrogen) atoms. The number of ether oxygens (including phenoxy) is 1. The van der Waals surface area contributed by atoms with E-state index >= 15 is 0 Å². The normalized spacial score (nSPS) is 16.3. The summed E-state index contributed by atoms with van der Waals surface area (Å²) in [6.07, 6.45) is 2.96. The Bertz CT molecular complexity index is 615. The lowest BCUT2D eigenvalue weighted by Gasteiger charge is -2.12. The van der Waals surface area contributed by atoms with Gasteiger partial charge in [0.1, 0.15) is 0 Å². The van der Waals surface area contributed by atoms with Gasteiger partial charge in [-0.05, 0) is 37.8 Å². The van der Waals surface area contributed by atoms with Gasteiger partial charge in [0, 0.05) is 0 Å². The maximum atomic E-state index is 13.0. The lowest BCUT2D eigenvalue weighted by Crippen LogP contribution is -2.11. The summed E-state index contributed by atoms with van der Waals surface area (Å²) in [7, 11) is 0. The van der Waals surface area contributed by atoms with Crippen LogP contribution in [0.5, 0.6) is 5.75 Å². The topological polar surface area (TPSA) is 27.1 Å². The van der Waals surface area contributed by atoms with Crippen LogP contribution in [-0.4, -0.2) is 15.9 Å². The van der Waals surface area contributed by atoms with E-state index in [1.54, 1.807) is 6.07 Å². The second-order valence-corrected chi connectivity index (χ2v) is 5.16. The molecule has 1 aliphatic rings. The van der Waals surface area contributed by atoms with Crippen molar-refractivity contribution < 1.29 is 17.9 Å². The van der Waals surface area contributed by atoms with Crippen LogP contribution in [0.1, 0.15) is 31.2 Å². The summed E-state index contributed by atoms with van der Waals surface area (Å²) < 4.78 is 45.9. The highest BCUT2D eigenvalue weighted by Gasteiger charge is 2.34. The molecule has 3 nitrogen and oxygen atoms in total. The van der Waals surface area contributed by atoms with E-state index in [-0.39, 0.29) is 11.8 Å². The summed E-state index contributed by atoms with van der Waals surface area (Å²) in [5.74, 6) is 0.513. The first-order valence-corrected chi connectivity index (χ1v) is 6.92. The molecule has 2 aromatic rings. The van der Waals surface area contributed by atoms with Gasteiger partial charge in [-0.1, -0.05) is 12.1 Å². The summed E-state index contributed by atoms with van der Waals surface area (Å²) >= 11 is 0. The fourth-order valence-electron chi connectivity index (χ4n) is 2.61. The van der Waals surface area contributed by atoms with Gasteiger partial charge in [-0.25, -0.2) is 4.68 Å². The summed E-state index contributed by atoms with van der Waals surface area (Å²) in [5, 5.41) is 3.99. The maximum Gasteiger partial charge on any atom is 0.418 e. The molecule has 1 heterocycles. The molecule has 3 rings (SSSR count). The molecule has 1 aromatic carbocycles. The number of aromatic nitrogens is 2. The van der Waals surface area contributed by atoms with Crippen LogP contribution in [0, 0.1) is 0 Å². The molecule has 1 aromatic heterocycles. The molecule has 0 radical (unpaired) electrons. The van der Waals surface area contributed by atoms with Crippen LogP contribution in [-0.2, 0) is 6.18 Å². The predicted molar refractivity (Wildman–Crippen MR) is 71.5 cm³/mol. The number of alkyl halides is 3. The highest BCUT2D eigenvalue weighted by molar-refractivity contribution is 5.43. The summed E-state index contributed by atoms with van der Waals surface area (Å²) in [5.41, 5.74) is -0.702. The molecular formula is C15H15F3N2O. The Labute approximate surface area is 120 Å². The minimum absolute atomic E-state index is 0.00581. The van der Waals surface area contributed by atoms with Crippen LogP contribution in [0.3, 0.4) is 0 Å². The standard InChI is InChI=1S/C15H15F3N2O/c16-15(17,18)13-7-3-4-8-14(13)20-10-12(9-19-20)21-11-5-1-2-6-11/h3-4,7-11H,1-2,5-6H2. The van der Waals surface area contributed by atoms with Gasteiger partial charge in [0.05, 0.1) is 29.7 Å². The highest BCUT2D eigenvalue weighted by Crippen LogP contribution is 2.34. The average molecular weight is 296 g/mol. The maximum absolute atomic E-state index is 13.0. The number of rotatable bonds is 3. The highest BCUT2D eigenvalue weighted by atomic mass is 19.4. The van der Waals surface area contributed by atoms with Crippen LogP contribution in [0.25, 0.3) is 5.69 Å². The molecule has 6 heteroatoms. The number of hydrogen-bond acceptors (Lipinski definition) is 2. The minimum Gasteiger partial charge on any atom is -0.487 e. The van der Waals surface area contributed by atoms with E-state index in [9.17, 15) is 13.2 Å². The van der Waals surface area contributed by atoms with Gasteiger partial charge in [0.2, 0.25) is 0 Å². The molecule has 1 fully saturated rings. The van der Waals surface area contributed by atoms with Crippen molar-refractivity contribution >= 4 is 0 Å². The molecule has 0 amide bonds. The zero-order chi connectivity index (χ0) is 14.9. The molecule has 1 aliphatic carbocycles. The Balaban J connectivity index is 1.86. The zero-order valence-electron chi connectivity index (χ0n) is 11.3. The third kappa shape index (κ3) is 3.04. The van der Waals surface area contributed by atoms with E-state index in [4.69, 9.17) is 4.74 Å². The number of hydrogen-bond donors (Lipinski definition) is 0. The van der Waals surface area contributed by atoms with E-state index in [2.05, 4.69) is 5.10 Å². The quantitative estimate of drug-likeness (QED) is 0.848. The summed E-state index contributed by atoms with van der Waals surface area (Å²) in [4.78, 5) is 0. The smallest absolute Gasteiger partial charge is 0.418 e. The lowest BCUT2D eigenvalue weighted by atomic mass is 10.2. The van der Waals surface area contributed by atoms with E-state index in [1.165, 1.54) is 29.2 Å². The van der Waals surface area contributed by atoms with Crippen LogP contribution < -0.4 is 4.74 Å². The van der Waals surface area contributed by atoms with Gasteiger partial charge in [-0.3, -0.25) is 0 Å². The molecule has 1 saturated carbocycles. The first-order valence-electron chi connectivity index (χ1n) is 6.92. The van der Waals surface area contributed by atoms with Gasteiger partial charge in [-0.15, -0.1) is 0 Å². The van der Waals surface area contributed by atoms with Crippen molar-refractivity contribution in [1.29, 1.82) is 0 Å². The van der Waals surface area contributed by atoms with Crippen LogP contribution >= 0.6 is 0 Å². The monoisotopic (exact) mass is 296 g/mol. The van der Waals surface area contributed by atoms with Crippen LogP contribution in [0.2, 0.25) is 0 Å². The number of halogens is 3. The first kappa shape index (κ1) is 14.0. The molecule has 0 atom stereocenters. The van der Waals surface area contributed by atoms with Crippen molar-refractivity contribution in [1.82, 2.24) is 9.78 Å². The third-order valence-corrected chi connectivity index (χ3v) is 3.62. The molecule has 0 N–H and O–H groups in total. The average Bonchev–Trinajstić information content (AvgIpc) is 3.10. The SMILES string of the molecule is FC(F)(F)c1ccccc1-n1cc(OC2CCCC2)cn1. The second kappa shape index (κ2) is 5.42. The number of para-hydroxylation sites is 1. The van der Waals surface area contributed by atoms with Crippen molar-refractivity contribution in [3.05, 3.63) is 42.2 Å². The summed E-state index contributed by atoms with van der Waals surface area (Å²) in [6.45, 7) is 0. The van der Waals surface area contributed by atoms with Crippen LogP contribution in [0.4, 0.5) is 13.2 Å². The Morgan fingerprint density at radius 1 is 1.14 bits per heavy atom. The molecule has 0 saturated heterocycles. The molecule has 112 valence electrons. The van der Waals surface area contributed by atoms with Crippen molar-refractivity contribution in [3.8, 4) is 11.4 Å². The Hall–Kier alpha value is -1.98. The van der Waals surface area contributed by atoms with Gasteiger partial charge >= 0.3 is 6.18 Å². The Kier molecular flexibility index (Phi) is 3.61. The van der Waals surface area contributed by atoms with Gasteiger partial charge in [-0.2, -0.15) is 18.3 Å². The Morgan fingerprint density at radius 3 is 2.57 bits per heavy atom. The van der Waals surface area contributed by atoms with Crippen LogP contribution in [0.15, 0.2) is 36.7 Å². The Morgan fingerprint density at radius 2 is 1.86 bits per heavy atom. The lowest BCUT2D eigenvalue weighted by molar-refractivity contribution is -0.137. The van der Waals surface area contributed by atoms with E-state index in [0.717, 1.165) is 31.7 Å². The fourth-order valence-corrected chi connectivity index (χ4v) is 2.61. The second-order valence-electron chi connectivity index (χ2n) is 5.16. The molecule has 0 unspecified atom stereocenters. The van der Waals surface area contributed by atoms with E-state index in [0.29, 0.717) is 5.75 Å². The number of benzene rings is 1. The van der Waals surface area contributed by atoms with Crippen molar-refractivity contribution in [2.45, 2.75) is 38.0 Å². The van der Waals surface area contributed by atoms with E-state index in [1.807, 2.05) is 0 Å². The minimum atomic E-state index is -4.41. The molecule has 0 bridgehead atoms. The fraction of sp³-hybridized carbons (Fsp3) is 0.400. The third-order valence-electron chi connectivity index (χ3n) is 3.62. The van der Waals surface area contributed by atoms with Crippen molar-refractivity contribution in [2.75, 3.05) is 0 Å². The van der Waals surface area contributed by atoms with Gasteiger partial charge < -0.3 is 4.74 Å².